The number of aryl methyl sites for hydroxylation is 2. The highest BCUT2D eigenvalue weighted by Crippen LogP contribution is 2.27. The number of nitrogens with zero attached hydrogens (tertiary/aromatic N) is 3. The molecule has 0 saturated heterocycles. The van der Waals surface area contributed by atoms with Gasteiger partial charge >= 0.3 is 0 Å². The van der Waals surface area contributed by atoms with Gasteiger partial charge in [0.25, 0.3) is 5.91 Å². The second-order valence-electron chi connectivity index (χ2n) is 7.12. The molecule has 0 aliphatic carbocycles. The maximum atomic E-state index is 12.7. The van der Waals surface area contributed by atoms with Crippen molar-refractivity contribution in [1.82, 2.24) is 14.7 Å². The third-order valence-electron chi connectivity index (χ3n) is 4.20. The molecular weight excluding hydrogens is 314 g/mol. The summed E-state index contributed by atoms with van der Waals surface area (Å²) >= 11 is 0. The van der Waals surface area contributed by atoms with Crippen LogP contribution in [-0.2, 0) is 18.4 Å². The third-order valence-corrected chi connectivity index (χ3v) is 4.20. The van der Waals surface area contributed by atoms with E-state index >= 15 is 0 Å². The summed E-state index contributed by atoms with van der Waals surface area (Å²) in [4.78, 5) is 14.5. The lowest BCUT2D eigenvalue weighted by atomic mass is 10.0. The number of carbonyl (C=O) groups is 1. The Morgan fingerprint density at radius 2 is 2.00 bits per heavy atom. The number of benzene rings is 1. The van der Waals surface area contributed by atoms with E-state index in [2.05, 4.69) is 31.1 Å². The minimum atomic E-state index is -0.0185. The lowest BCUT2D eigenvalue weighted by Gasteiger charge is -2.26. The Hall–Kier alpha value is -2.30. The van der Waals surface area contributed by atoms with Gasteiger partial charge in [-0.3, -0.25) is 9.48 Å². The van der Waals surface area contributed by atoms with Gasteiger partial charge in [-0.25, -0.2) is 0 Å². The lowest BCUT2D eigenvalue weighted by molar-refractivity contribution is -0.135. The lowest BCUT2D eigenvalue weighted by Crippen LogP contribution is -2.39. The van der Waals surface area contributed by atoms with Crippen LogP contribution in [0, 0.1) is 6.92 Å². The fourth-order valence-electron chi connectivity index (χ4n) is 2.77. The summed E-state index contributed by atoms with van der Waals surface area (Å²) in [5.41, 5.74) is 3.27. The molecule has 0 atom stereocenters. The van der Waals surface area contributed by atoms with Crippen LogP contribution in [0.5, 0.6) is 5.75 Å². The normalized spacial score (nSPS) is 11.2. The molecule has 0 bridgehead atoms. The minimum absolute atomic E-state index is 0.0185. The highest BCUT2D eigenvalue weighted by molar-refractivity contribution is 5.78. The molecule has 2 aromatic rings. The van der Waals surface area contributed by atoms with Crippen LogP contribution < -0.4 is 4.74 Å². The van der Waals surface area contributed by atoms with Crippen molar-refractivity contribution in [2.24, 2.45) is 7.05 Å². The molecule has 5 heteroatoms. The molecule has 0 spiro atoms. The average Bonchev–Trinajstić information content (AvgIpc) is 2.95. The molecule has 1 heterocycles. The fraction of sp³-hybridized carbons (Fsp3) is 0.500. The van der Waals surface area contributed by atoms with Gasteiger partial charge in [-0.15, -0.1) is 0 Å². The smallest absolute Gasteiger partial charge is 0.261 e. The molecular formula is C20H29N3O2. The first-order valence-electron chi connectivity index (χ1n) is 8.78. The first kappa shape index (κ1) is 19.0. The van der Waals surface area contributed by atoms with Gasteiger partial charge in [-0.2, -0.15) is 5.10 Å². The Bertz CT molecular complexity index is 719. The van der Waals surface area contributed by atoms with Crippen LogP contribution in [0.4, 0.5) is 0 Å². The van der Waals surface area contributed by atoms with Crippen molar-refractivity contribution in [2.75, 3.05) is 6.61 Å². The summed E-state index contributed by atoms with van der Waals surface area (Å²) in [5.74, 6) is 1.13. The minimum Gasteiger partial charge on any atom is -0.483 e. The number of carbonyl (C=O) groups excluding carboxylic acids is 1. The largest absolute Gasteiger partial charge is 0.483 e. The summed E-state index contributed by atoms with van der Waals surface area (Å²) in [6.45, 7) is 10.9. The molecule has 0 fully saturated rings. The second kappa shape index (κ2) is 8.19. The number of ether oxygens (including phenoxy) is 1. The summed E-state index contributed by atoms with van der Waals surface area (Å²) in [6, 6.07) is 6.25. The molecule has 0 aliphatic rings. The van der Waals surface area contributed by atoms with Gasteiger partial charge in [0.15, 0.2) is 6.61 Å². The molecule has 1 aromatic heterocycles. The van der Waals surface area contributed by atoms with E-state index in [9.17, 15) is 4.79 Å². The molecule has 1 aromatic carbocycles. The van der Waals surface area contributed by atoms with E-state index in [-0.39, 0.29) is 18.6 Å². The Kier molecular flexibility index (Phi) is 6.23. The summed E-state index contributed by atoms with van der Waals surface area (Å²) in [6.07, 6.45) is 3.72. The second-order valence-corrected chi connectivity index (χ2v) is 7.12. The highest BCUT2D eigenvalue weighted by atomic mass is 16.5. The maximum Gasteiger partial charge on any atom is 0.261 e. The monoisotopic (exact) mass is 343 g/mol. The molecule has 0 radical (unpaired) electrons. The quantitative estimate of drug-likeness (QED) is 0.771. The van der Waals surface area contributed by atoms with E-state index < -0.39 is 0 Å². The van der Waals surface area contributed by atoms with Crippen molar-refractivity contribution in [3.05, 3.63) is 47.3 Å². The summed E-state index contributed by atoms with van der Waals surface area (Å²) in [5, 5.41) is 4.17. The van der Waals surface area contributed by atoms with E-state index in [1.165, 1.54) is 0 Å². The van der Waals surface area contributed by atoms with Gasteiger partial charge in [-0.05, 0) is 43.9 Å². The predicted octanol–water partition coefficient (Wildman–Crippen LogP) is 3.67. The van der Waals surface area contributed by atoms with E-state index in [1.807, 2.05) is 45.0 Å². The molecule has 136 valence electrons. The van der Waals surface area contributed by atoms with Crippen molar-refractivity contribution >= 4 is 5.91 Å². The van der Waals surface area contributed by atoms with Crippen molar-refractivity contribution < 1.29 is 9.53 Å². The molecule has 0 saturated carbocycles. The van der Waals surface area contributed by atoms with Crippen LogP contribution in [0.25, 0.3) is 0 Å². The Morgan fingerprint density at radius 1 is 1.28 bits per heavy atom. The number of hydrogen-bond acceptors (Lipinski definition) is 3. The van der Waals surface area contributed by atoms with E-state index in [4.69, 9.17) is 4.74 Å². The van der Waals surface area contributed by atoms with Gasteiger partial charge in [0.1, 0.15) is 5.75 Å². The Morgan fingerprint density at radius 3 is 2.56 bits per heavy atom. The van der Waals surface area contributed by atoms with Crippen LogP contribution in [0.15, 0.2) is 30.6 Å². The Labute approximate surface area is 150 Å². The zero-order chi connectivity index (χ0) is 18.6. The van der Waals surface area contributed by atoms with E-state index in [1.54, 1.807) is 10.9 Å². The van der Waals surface area contributed by atoms with Gasteiger partial charge in [-0.1, -0.05) is 26.0 Å². The van der Waals surface area contributed by atoms with Crippen LogP contribution in [-0.4, -0.2) is 33.2 Å². The maximum absolute atomic E-state index is 12.7. The highest BCUT2D eigenvalue weighted by Gasteiger charge is 2.19. The molecule has 0 unspecified atom stereocenters. The molecule has 0 aliphatic heterocycles. The summed E-state index contributed by atoms with van der Waals surface area (Å²) in [7, 11) is 1.87. The Balaban J connectivity index is 2.08. The van der Waals surface area contributed by atoms with E-state index in [0.717, 1.165) is 22.4 Å². The predicted molar refractivity (Wildman–Crippen MR) is 99.7 cm³/mol. The molecule has 2 rings (SSSR count). The van der Waals surface area contributed by atoms with Crippen LogP contribution >= 0.6 is 0 Å². The van der Waals surface area contributed by atoms with Crippen LogP contribution in [0.2, 0.25) is 0 Å². The average molecular weight is 343 g/mol. The van der Waals surface area contributed by atoms with E-state index in [0.29, 0.717) is 12.5 Å². The van der Waals surface area contributed by atoms with Crippen molar-refractivity contribution in [1.29, 1.82) is 0 Å². The first-order valence-corrected chi connectivity index (χ1v) is 8.78. The van der Waals surface area contributed by atoms with Crippen LogP contribution in [0.3, 0.4) is 0 Å². The molecule has 5 nitrogen and oxygen atoms in total. The van der Waals surface area contributed by atoms with Crippen molar-refractivity contribution in [3.8, 4) is 5.75 Å². The molecule has 1 amide bonds. The fourth-order valence-corrected chi connectivity index (χ4v) is 2.77. The zero-order valence-corrected chi connectivity index (χ0v) is 16.1. The van der Waals surface area contributed by atoms with Gasteiger partial charge in [0, 0.05) is 31.4 Å². The number of aromatic nitrogens is 2. The zero-order valence-electron chi connectivity index (χ0n) is 16.1. The third kappa shape index (κ3) is 5.08. The van der Waals surface area contributed by atoms with Crippen molar-refractivity contribution in [3.63, 3.8) is 0 Å². The van der Waals surface area contributed by atoms with Crippen LogP contribution in [0.1, 0.15) is 50.3 Å². The topological polar surface area (TPSA) is 47.4 Å². The summed E-state index contributed by atoms with van der Waals surface area (Å²) < 4.78 is 7.65. The number of hydrogen-bond donors (Lipinski definition) is 0. The standard InChI is InChI=1S/C20H29N3O2/c1-14(2)18-8-7-16(5)9-19(18)25-13-20(24)23(15(3)4)12-17-10-21-22(6)11-17/h7-11,14-15H,12-13H2,1-6H3. The molecule has 25 heavy (non-hydrogen) atoms. The number of amides is 1. The number of rotatable bonds is 7. The first-order chi connectivity index (χ1) is 11.8. The van der Waals surface area contributed by atoms with Gasteiger partial charge in [0.05, 0.1) is 6.20 Å². The van der Waals surface area contributed by atoms with Gasteiger partial charge in [0.2, 0.25) is 0 Å². The van der Waals surface area contributed by atoms with Gasteiger partial charge < -0.3 is 9.64 Å². The SMILES string of the molecule is Cc1ccc(C(C)C)c(OCC(=O)N(Cc2cnn(C)c2)C(C)C)c1. The molecule has 0 N–H and O–H groups in total. The van der Waals surface area contributed by atoms with Crippen molar-refractivity contribution in [2.45, 2.75) is 53.1 Å².